The Balaban J connectivity index is 1.36. The maximum atomic E-state index is 14.8. The number of alkyl halides is 1. The van der Waals surface area contributed by atoms with E-state index < -0.39 is 6.17 Å². The third-order valence-corrected chi connectivity index (χ3v) is 6.03. The van der Waals surface area contributed by atoms with Gasteiger partial charge in [-0.15, -0.1) is 20.1 Å². The summed E-state index contributed by atoms with van der Waals surface area (Å²) < 4.78 is 14.8. The number of halogens is 1. The summed E-state index contributed by atoms with van der Waals surface area (Å²) in [4.78, 5) is 1.34. The van der Waals surface area contributed by atoms with E-state index in [1.165, 1.54) is 4.80 Å². The van der Waals surface area contributed by atoms with Crippen LogP contribution in [-0.2, 0) is 0 Å². The highest BCUT2D eigenvalue weighted by molar-refractivity contribution is 5.70. The molecule has 0 amide bonds. The average molecular weight is 407 g/mol. The van der Waals surface area contributed by atoms with E-state index in [1.807, 2.05) is 0 Å². The van der Waals surface area contributed by atoms with Crippen molar-refractivity contribution in [2.24, 2.45) is 5.92 Å². The predicted octanol–water partition coefficient (Wildman–Crippen LogP) is 2.63. The van der Waals surface area contributed by atoms with Gasteiger partial charge in [0.1, 0.15) is 11.9 Å². The summed E-state index contributed by atoms with van der Waals surface area (Å²) in [6.45, 7) is 5.86. The smallest absolute Gasteiger partial charge is 0.172 e. The fourth-order valence-corrected chi connectivity index (χ4v) is 4.43. The number of piperidine rings is 1. The second-order valence-corrected chi connectivity index (χ2v) is 7.99. The van der Waals surface area contributed by atoms with E-state index in [1.54, 1.807) is 37.3 Å². The molecule has 2 aliphatic heterocycles. The maximum Gasteiger partial charge on any atom is 0.172 e. The highest BCUT2D eigenvalue weighted by atomic mass is 19.1. The van der Waals surface area contributed by atoms with Gasteiger partial charge < -0.3 is 10.4 Å². The van der Waals surface area contributed by atoms with Crippen molar-refractivity contribution in [3.05, 3.63) is 48.4 Å². The van der Waals surface area contributed by atoms with E-state index in [-0.39, 0.29) is 17.7 Å². The van der Waals surface area contributed by atoms with Crippen molar-refractivity contribution in [1.29, 1.82) is 0 Å². The quantitative estimate of drug-likeness (QED) is 0.685. The SMILES string of the molecule is C=C(c1ccc(-c2ccc(-n3nnc(C)n3)cc2O)nn1)[C@@H]1CC2CCC(N2)[C@H]1F. The van der Waals surface area contributed by atoms with Crippen molar-refractivity contribution in [2.75, 3.05) is 0 Å². The number of fused-ring (bicyclic) bond motifs is 2. The van der Waals surface area contributed by atoms with Gasteiger partial charge in [0.2, 0.25) is 0 Å². The van der Waals surface area contributed by atoms with Crippen molar-refractivity contribution >= 4 is 5.57 Å². The van der Waals surface area contributed by atoms with Crippen molar-refractivity contribution < 1.29 is 9.50 Å². The number of nitrogens with zero attached hydrogens (tertiary/aromatic N) is 6. The summed E-state index contributed by atoms with van der Waals surface area (Å²) in [5, 5.41) is 34.2. The lowest BCUT2D eigenvalue weighted by molar-refractivity contribution is 0.167. The predicted molar refractivity (Wildman–Crippen MR) is 109 cm³/mol. The normalized spacial score (nSPS) is 25.4. The Morgan fingerprint density at radius 3 is 2.77 bits per heavy atom. The molecule has 8 nitrogen and oxygen atoms in total. The van der Waals surface area contributed by atoms with Crippen LogP contribution in [-0.4, -0.2) is 53.8 Å². The van der Waals surface area contributed by atoms with Crippen molar-refractivity contribution in [3.8, 4) is 22.7 Å². The fraction of sp³-hybridized carbons (Fsp3) is 0.381. The van der Waals surface area contributed by atoms with Crippen LogP contribution in [0.2, 0.25) is 0 Å². The molecule has 5 rings (SSSR count). The monoisotopic (exact) mass is 407 g/mol. The molecule has 0 radical (unpaired) electrons. The number of hydrogen-bond donors (Lipinski definition) is 2. The number of phenols is 1. The van der Waals surface area contributed by atoms with Crippen molar-refractivity contribution in [2.45, 2.75) is 44.4 Å². The molecule has 0 spiro atoms. The summed E-state index contributed by atoms with van der Waals surface area (Å²) >= 11 is 0. The van der Waals surface area contributed by atoms with Crippen LogP contribution in [0.25, 0.3) is 22.5 Å². The number of allylic oxidation sites excluding steroid dienone is 1. The van der Waals surface area contributed by atoms with Gasteiger partial charge in [0.15, 0.2) is 5.82 Å². The number of nitrogens with one attached hydrogen (secondary N) is 1. The molecular formula is C21H22FN7O. The summed E-state index contributed by atoms with van der Waals surface area (Å²) in [5.74, 6) is 0.329. The molecule has 2 N–H and O–H groups in total. The van der Waals surface area contributed by atoms with E-state index in [0.717, 1.165) is 19.3 Å². The van der Waals surface area contributed by atoms with Gasteiger partial charge in [0.25, 0.3) is 0 Å². The third kappa shape index (κ3) is 3.24. The van der Waals surface area contributed by atoms with Crippen LogP contribution in [0, 0.1) is 12.8 Å². The standard InChI is InChI=1S/C21H22FN7O/c1-11(16-9-13-3-6-19(23-13)21(16)22)17-7-8-18(26-25-17)15-5-4-14(10-20(15)30)29-27-12(2)24-28-29/h4-5,7-8,10,13,16,19,21,23,30H,1,3,6,9H2,2H3/t13?,16-,19?,21-/m0/s1. The van der Waals surface area contributed by atoms with Crippen LogP contribution in [0.4, 0.5) is 4.39 Å². The minimum Gasteiger partial charge on any atom is -0.507 e. The van der Waals surface area contributed by atoms with Crippen molar-refractivity contribution in [3.63, 3.8) is 0 Å². The summed E-state index contributed by atoms with van der Waals surface area (Å²) in [7, 11) is 0. The van der Waals surface area contributed by atoms with E-state index in [2.05, 4.69) is 37.5 Å². The molecule has 4 atom stereocenters. The zero-order chi connectivity index (χ0) is 20.8. The lowest BCUT2D eigenvalue weighted by Gasteiger charge is -2.33. The number of rotatable bonds is 4. The van der Waals surface area contributed by atoms with E-state index in [0.29, 0.717) is 40.1 Å². The van der Waals surface area contributed by atoms with Crippen LogP contribution >= 0.6 is 0 Å². The van der Waals surface area contributed by atoms with Crippen LogP contribution < -0.4 is 5.32 Å². The molecule has 2 aromatic heterocycles. The second-order valence-electron chi connectivity index (χ2n) is 7.99. The Bertz CT molecular complexity index is 1100. The highest BCUT2D eigenvalue weighted by Crippen LogP contribution is 2.39. The molecule has 2 saturated heterocycles. The summed E-state index contributed by atoms with van der Waals surface area (Å²) in [5.41, 5.74) is 2.91. The molecule has 30 heavy (non-hydrogen) atoms. The third-order valence-electron chi connectivity index (χ3n) is 6.03. The van der Waals surface area contributed by atoms with Gasteiger partial charge in [0.05, 0.1) is 17.1 Å². The largest absolute Gasteiger partial charge is 0.507 e. The Morgan fingerprint density at radius 1 is 1.20 bits per heavy atom. The zero-order valence-electron chi connectivity index (χ0n) is 16.5. The van der Waals surface area contributed by atoms with Gasteiger partial charge in [-0.2, -0.15) is 5.10 Å². The van der Waals surface area contributed by atoms with E-state index in [9.17, 15) is 9.50 Å². The van der Waals surface area contributed by atoms with Gasteiger partial charge in [-0.3, -0.25) is 0 Å². The first-order valence-corrected chi connectivity index (χ1v) is 10.0. The van der Waals surface area contributed by atoms with Crippen molar-refractivity contribution in [1.82, 2.24) is 35.7 Å². The molecule has 4 heterocycles. The van der Waals surface area contributed by atoms with Crippen LogP contribution in [0.5, 0.6) is 5.75 Å². The first-order chi connectivity index (χ1) is 14.5. The first kappa shape index (κ1) is 18.8. The van der Waals surface area contributed by atoms with Gasteiger partial charge in [-0.05, 0) is 61.2 Å². The Hall–Kier alpha value is -3.20. The number of hydrogen-bond acceptors (Lipinski definition) is 7. The molecule has 3 aromatic rings. The van der Waals surface area contributed by atoms with E-state index >= 15 is 0 Å². The van der Waals surface area contributed by atoms with Gasteiger partial charge in [-0.1, -0.05) is 6.58 Å². The molecule has 0 saturated carbocycles. The second kappa shape index (κ2) is 7.24. The minimum absolute atomic E-state index is 0.0297. The molecule has 2 unspecified atom stereocenters. The van der Waals surface area contributed by atoms with E-state index in [4.69, 9.17) is 0 Å². The number of aromatic nitrogens is 6. The van der Waals surface area contributed by atoms with Crippen LogP contribution in [0.3, 0.4) is 0 Å². The Morgan fingerprint density at radius 2 is 2.07 bits per heavy atom. The molecule has 9 heteroatoms. The minimum atomic E-state index is -0.955. The number of aromatic hydroxyl groups is 1. The Labute approximate surface area is 172 Å². The molecule has 0 aliphatic carbocycles. The summed E-state index contributed by atoms with van der Waals surface area (Å²) in [6, 6.07) is 8.86. The zero-order valence-corrected chi connectivity index (χ0v) is 16.5. The maximum absolute atomic E-state index is 14.8. The number of aryl methyl sites for hydroxylation is 1. The summed E-state index contributed by atoms with van der Waals surface area (Å²) in [6.07, 6.45) is 1.67. The topological polar surface area (TPSA) is 102 Å². The lowest BCUT2D eigenvalue weighted by Crippen LogP contribution is -2.47. The molecule has 2 aliphatic rings. The van der Waals surface area contributed by atoms with Gasteiger partial charge in [0, 0.05) is 29.6 Å². The molecule has 2 fully saturated rings. The molecule has 1 aromatic carbocycles. The number of benzene rings is 1. The van der Waals surface area contributed by atoms with Gasteiger partial charge in [-0.25, -0.2) is 4.39 Å². The number of phenolic OH excluding ortho intramolecular Hbond substituents is 1. The average Bonchev–Trinajstić information content (AvgIpc) is 3.37. The first-order valence-electron chi connectivity index (χ1n) is 10.0. The molecular weight excluding hydrogens is 385 g/mol. The molecule has 2 bridgehead atoms. The van der Waals surface area contributed by atoms with Crippen LogP contribution in [0.15, 0.2) is 36.9 Å². The Kier molecular flexibility index (Phi) is 4.54. The highest BCUT2D eigenvalue weighted by Gasteiger charge is 2.43. The number of tetrazole rings is 1. The fourth-order valence-electron chi connectivity index (χ4n) is 4.43. The van der Waals surface area contributed by atoms with Gasteiger partial charge >= 0.3 is 0 Å². The molecule has 154 valence electrons. The van der Waals surface area contributed by atoms with Crippen LogP contribution in [0.1, 0.15) is 30.8 Å². The lowest BCUT2D eigenvalue weighted by atomic mass is 9.83.